The van der Waals surface area contributed by atoms with E-state index in [-0.39, 0.29) is 11.0 Å². The van der Waals surface area contributed by atoms with Gasteiger partial charge in [-0.3, -0.25) is 0 Å². The minimum atomic E-state index is -0.603. The lowest BCUT2D eigenvalue weighted by Gasteiger charge is -2.51. The van der Waals surface area contributed by atoms with Crippen LogP contribution in [0.4, 0.5) is 0 Å². The van der Waals surface area contributed by atoms with Gasteiger partial charge in [-0.05, 0) is 55.4 Å². The molecule has 0 aromatic heterocycles. The third kappa shape index (κ3) is 2.73. The smallest absolute Gasteiger partial charge is 0.0702 e. The highest BCUT2D eigenvalue weighted by molar-refractivity contribution is 7.99. The van der Waals surface area contributed by atoms with Crippen LogP contribution in [0.15, 0.2) is 0 Å². The molecule has 2 aliphatic rings. The van der Waals surface area contributed by atoms with Crippen molar-refractivity contribution in [1.82, 2.24) is 0 Å². The van der Waals surface area contributed by atoms with Gasteiger partial charge in [0.15, 0.2) is 0 Å². The molecule has 18 heavy (non-hydrogen) atoms. The van der Waals surface area contributed by atoms with E-state index in [1.54, 1.807) is 0 Å². The molecule has 0 aliphatic carbocycles. The number of hydrogen-bond acceptors (Lipinski definition) is 3. The first-order valence-electron chi connectivity index (χ1n) is 7.21. The molecule has 2 nitrogen and oxygen atoms in total. The molecule has 1 N–H and O–H groups in total. The molecule has 2 saturated heterocycles. The van der Waals surface area contributed by atoms with Crippen molar-refractivity contribution in [2.24, 2.45) is 11.3 Å². The number of rotatable bonds is 1. The molecule has 2 atom stereocenters. The van der Waals surface area contributed by atoms with Crippen LogP contribution in [0.3, 0.4) is 0 Å². The summed E-state index contributed by atoms with van der Waals surface area (Å²) in [5, 5.41) is 10.9. The highest BCUT2D eigenvalue weighted by Crippen LogP contribution is 2.47. The molecular weight excluding hydrogens is 244 g/mol. The van der Waals surface area contributed by atoms with Gasteiger partial charge >= 0.3 is 0 Å². The van der Waals surface area contributed by atoms with Gasteiger partial charge in [0.2, 0.25) is 0 Å². The SMILES string of the molecule is CC(C)(C)C(C)(O)C1CCOC2(CCSCC2)C1. The maximum absolute atomic E-state index is 10.9. The highest BCUT2D eigenvalue weighted by atomic mass is 32.2. The highest BCUT2D eigenvalue weighted by Gasteiger charge is 2.48. The molecule has 0 bridgehead atoms. The van der Waals surface area contributed by atoms with Crippen LogP contribution >= 0.6 is 11.8 Å². The van der Waals surface area contributed by atoms with Crippen molar-refractivity contribution >= 4 is 11.8 Å². The number of ether oxygens (including phenoxy) is 1. The van der Waals surface area contributed by atoms with Crippen LogP contribution in [0.1, 0.15) is 53.4 Å². The zero-order valence-corrected chi connectivity index (χ0v) is 13.1. The lowest BCUT2D eigenvalue weighted by Crippen LogP contribution is -2.53. The Morgan fingerprint density at radius 1 is 1.17 bits per heavy atom. The molecule has 2 aliphatic heterocycles. The Kier molecular flexibility index (Phi) is 4.07. The van der Waals surface area contributed by atoms with Crippen LogP contribution in [0.25, 0.3) is 0 Å². The summed E-state index contributed by atoms with van der Waals surface area (Å²) >= 11 is 2.03. The second-order valence-electron chi connectivity index (χ2n) is 7.23. The van der Waals surface area contributed by atoms with Crippen molar-refractivity contribution < 1.29 is 9.84 Å². The standard InChI is InChI=1S/C15H28O2S/c1-13(2,3)14(4,16)12-5-8-17-15(11-12)6-9-18-10-7-15/h12,16H,5-11H2,1-4H3. The number of hydrogen-bond donors (Lipinski definition) is 1. The van der Waals surface area contributed by atoms with Crippen molar-refractivity contribution in [3.63, 3.8) is 0 Å². The van der Waals surface area contributed by atoms with E-state index in [1.807, 2.05) is 18.7 Å². The van der Waals surface area contributed by atoms with Crippen LogP contribution in [-0.4, -0.2) is 34.4 Å². The fourth-order valence-electron chi connectivity index (χ4n) is 3.21. The summed E-state index contributed by atoms with van der Waals surface area (Å²) in [7, 11) is 0. The van der Waals surface area contributed by atoms with Crippen molar-refractivity contribution in [2.45, 2.75) is 64.6 Å². The molecule has 2 fully saturated rings. The monoisotopic (exact) mass is 272 g/mol. The van der Waals surface area contributed by atoms with Gasteiger partial charge in [-0.2, -0.15) is 11.8 Å². The van der Waals surface area contributed by atoms with Crippen molar-refractivity contribution in [3.05, 3.63) is 0 Å². The number of thioether (sulfide) groups is 1. The molecule has 106 valence electrons. The Hall–Kier alpha value is 0.270. The Morgan fingerprint density at radius 2 is 1.78 bits per heavy atom. The predicted molar refractivity (Wildman–Crippen MR) is 78.0 cm³/mol. The summed E-state index contributed by atoms with van der Waals surface area (Å²) in [4.78, 5) is 0. The van der Waals surface area contributed by atoms with Gasteiger partial charge in [-0.1, -0.05) is 20.8 Å². The average Bonchev–Trinajstić information content (AvgIpc) is 2.28. The number of aliphatic hydroxyl groups is 1. The van der Waals surface area contributed by atoms with Crippen molar-refractivity contribution in [3.8, 4) is 0 Å². The van der Waals surface area contributed by atoms with Crippen molar-refractivity contribution in [1.29, 1.82) is 0 Å². The average molecular weight is 272 g/mol. The summed E-state index contributed by atoms with van der Waals surface area (Å²) < 4.78 is 6.12. The first kappa shape index (κ1) is 14.7. The largest absolute Gasteiger partial charge is 0.389 e. The first-order chi connectivity index (χ1) is 8.27. The molecule has 0 radical (unpaired) electrons. The normalized spacial score (nSPS) is 32.2. The summed E-state index contributed by atoms with van der Waals surface area (Å²) in [6, 6.07) is 0. The van der Waals surface area contributed by atoms with E-state index in [1.165, 1.54) is 11.5 Å². The summed E-state index contributed by atoms with van der Waals surface area (Å²) in [6.45, 7) is 9.28. The molecule has 2 heterocycles. The van der Waals surface area contributed by atoms with Crippen LogP contribution in [0, 0.1) is 11.3 Å². The zero-order chi connectivity index (χ0) is 13.4. The van der Waals surface area contributed by atoms with Crippen LogP contribution in [-0.2, 0) is 4.74 Å². The predicted octanol–water partition coefficient (Wildman–Crippen LogP) is 3.48. The Bertz CT molecular complexity index is 282. The molecule has 2 rings (SSSR count). The Labute approximate surface area is 116 Å². The third-order valence-corrected chi connectivity index (χ3v) is 6.20. The Balaban J connectivity index is 2.11. The minimum absolute atomic E-state index is 0.0698. The van der Waals surface area contributed by atoms with Crippen LogP contribution in [0.5, 0.6) is 0 Å². The molecule has 1 spiro atoms. The van der Waals surface area contributed by atoms with Gasteiger partial charge in [0, 0.05) is 6.61 Å². The third-order valence-electron chi connectivity index (χ3n) is 5.21. The van der Waals surface area contributed by atoms with Gasteiger partial charge in [-0.15, -0.1) is 0 Å². The Morgan fingerprint density at radius 3 is 2.33 bits per heavy atom. The second kappa shape index (κ2) is 4.99. The maximum atomic E-state index is 10.9. The molecule has 0 amide bonds. The van der Waals surface area contributed by atoms with E-state index in [0.717, 1.165) is 32.3 Å². The van der Waals surface area contributed by atoms with E-state index in [2.05, 4.69) is 20.8 Å². The summed E-state index contributed by atoms with van der Waals surface area (Å²) in [5.74, 6) is 2.80. The lowest BCUT2D eigenvalue weighted by molar-refractivity contribution is -0.169. The quantitative estimate of drug-likeness (QED) is 0.792. The van der Waals surface area contributed by atoms with Gasteiger partial charge in [-0.25, -0.2) is 0 Å². The van der Waals surface area contributed by atoms with Crippen molar-refractivity contribution in [2.75, 3.05) is 18.1 Å². The fraction of sp³-hybridized carbons (Fsp3) is 1.00. The maximum Gasteiger partial charge on any atom is 0.0702 e. The first-order valence-corrected chi connectivity index (χ1v) is 8.36. The van der Waals surface area contributed by atoms with Gasteiger partial charge in [0.1, 0.15) is 0 Å². The van der Waals surface area contributed by atoms with E-state index < -0.39 is 5.60 Å². The molecule has 0 aromatic rings. The van der Waals surface area contributed by atoms with Crippen LogP contribution in [0.2, 0.25) is 0 Å². The van der Waals surface area contributed by atoms with Gasteiger partial charge < -0.3 is 9.84 Å². The molecular formula is C15H28O2S. The molecule has 3 heteroatoms. The van der Waals surface area contributed by atoms with Gasteiger partial charge in [0.25, 0.3) is 0 Å². The molecule has 0 saturated carbocycles. The second-order valence-corrected chi connectivity index (χ2v) is 8.46. The lowest BCUT2D eigenvalue weighted by atomic mass is 9.64. The molecule has 0 aromatic carbocycles. The van der Waals surface area contributed by atoms with E-state index in [9.17, 15) is 5.11 Å². The van der Waals surface area contributed by atoms with E-state index in [4.69, 9.17) is 4.74 Å². The minimum Gasteiger partial charge on any atom is -0.389 e. The summed E-state index contributed by atoms with van der Waals surface area (Å²) in [5.41, 5.74) is -0.600. The summed E-state index contributed by atoms with van der Waals surface area (Å²) in [6.07, 6.45) is 4.36. The van der Waals surface area contributed by atoms with E-state index in [0.29, 0.717) is 5.92 Å². The molecule has 2 unspecified atom stereocenters. The van der Waals surface area contributed by atoms with E-state index >= 15 is 0 Å². The van der Waals surface area contributed by atoms with Gasteiger partial charge in [0.05, 0.1) is 11.2 Å². The zero-order valence-electron chi connectivity index (χ0n) is 12.3. The topological polar surface area (TPSA) is 29.5 Å². The van der Waals surface area contributed by atoms with Crippen LogP contribution < -0.4 is 0 Å². The fourth-order valence-corrected chi connectivity index (χ4v) is 4.45.